The van der Waals surface area contributed by atoms with Gasteiger partial charge < -0.3 is 14.6 Å². The maximum atomic E-state index is 13.1. The van der Waals surface area contributed by atoms with Gasteiger partial charge in [0.1, 0.15) is 5.69 Å². The number of para-hydroxylation sites is 1. The summed E-state index contributed by atoms with van der Waals surface area (Å²) < 4.78 is 6.84. The molecule has 0 aliphatic carbocycles. The van der Waals surface area contributed by atoms with Crippen LogP contribution in [-0.2, 0) is 11.8 Å². The second-order valence-corrected chi connectivity index (χ2v) is 6.50. The first-order valence-corrected chi connectivity index (χ1v) is 8.85. The molecular formula is C21H23N3O3. The molecule has 6 nitrogen and oxygen atoms in total. The second-order valence-electron chi connectivity index (χ2n) is 6.50. The van der Waals surface area contributed by atoms with Crippen LogP contribution >= 0.6 is 0 Å². The minimum absolute atomic E-state index is 0.257. The Kier molecular flexibility index (Phi) is 4.99. The van der Waals surface area contributed by atoms with Crippen LogP contribution in [0.2, 0.25) is 0 Å². The third-order valence-corrected chi connectivity index (χ3v) is 4.72. The molecule has 0 spiro atoms. The van der Waals surface area contributed by atoms with Crippen molar-refractivity contribution < 1.29 is 14.3 Å². The average Bonchev–Trinajstić information content (AvgIpc) is 2.84. The predicted octanol–water partition coefficient (Wildman–Crippen LogP) is 3.93. The molecule has 0 bridgehead atoms. The second kappa shape index (κ2) is 7.23. The molecule has 27 heavy (non-hydrogen) atoms. The Labute approximate surface area is 158 Å². The normalized spacial score (nSPS) is 10.9. The number of esters is 1. The van der Waals surface area contributed by atoms with Gasteiger partial charge in [0.15, 0.2) is 0 Å². The Hall–Kier alpha value is -3.15. The molecule has 2 heterocycles. The van der Waals surface area contributed by atoms with E-state index in [1.807, 2.05) is 44.2 Å². The van der Waals surface area contributed by atoms with E-state index in [0.29, 0.717) is 28.2 Å². The molecule has 0 atom stereocenters. The predicted molar refractivity (Wildman–Crippen MR) is 105 cm³/mol. The lowest BCUT2D eigenvalue weighted by Crippen LogP contribution is -2.15. The van der Waals surface area contributed by atoms with Crippen LogP contribution in [0.25, 0.3) is 10.9 Å². The van der Waals surface area contributed by atoms with Crippen molar-refractivity contribution in [2.75, 3.05) is 11.9 Å². The summed E-state index contributed by atoms with van der Waals surface area (Å²) in [7, 11) is 1.76. The highest BCUT2D eigenvalue weighted by Crippen LogP contribution is 2.26. The van der Waals surface area contributed by atoms with E-state index in [0.717, 1.165) is 16.6 Å². The van der Waals surface area contributed by atoms with Crippen LogP contribution in [0, 0.1) is 20.8 Å². The van der Waals surface area contributed by atoms with Gasteiger partial charge in [-0.15, -0.1) is 0 Å². The molecule has 0 unspecified atom stereocenters. The molecule has 0 aliphatic rings. The van der Waals surface area contributed by atoms with Gasteiger partial charge in [-0.3, -0.25) is 9.78 Å². The molecule has 1 aromatic carbocycles. The minimum atomic E-state index is -0.426. The number of ether oxygens (including phenoxy) is 1. The quantitative estimate of drug-likeness (QED) is 0.711. The van der Waals surface area contributed by atoms with Gasteiger partial charge in [0, 0.05) is 23.8 Å². The molecule has 0 saturated carbocycles. The first-order valence-electron chi connectivity index (χ1n) is 8.85. The summed E-state index contributed by atoms with van der Waals surface area (Å²) >= 11 is 0. The van der Waals surface area contributed by atoms with E-state index in [4.69, 9.17) is 4.74 Å². The highest BCUT2D eigenvalue weighted by Gasteiger charge is 2.26. The Morgan fingerprint density at radius 3 is 2.59 bits per heavy atom. The molecule has 2 aromatic heterocycles. The maximum Gasteiger partial charge on any atom is 0.355 e. The van der Waals surface area contributed by atoms with Gasteiger partial charge in [-0.1, -0.05) is 18.2 Å². The SMILES string of the molecule is CCOC(=O)c1c(C)c(C(=O)Nc2cc(C)nc3ccccc23)c(C)n1C. The summed E-state index contributed by atoms with van der Waals surface area (Å²) in [5.74, 6) is -0.684. The number of pyridine rings is 1. The van der Waals surface area contributed by atoms with E-state index in [1.165, 1.54) is 0 Å². The van der Waals surface area contributed by atoms with E-state index in [1.54, 1.807) is 25.5 Å². The number of benzene rings is 1. The molecule has 1 amide bonds. The number of fused-ring (bicyclic) bond motifs is 1. The van der Waals surface area contributed by atoms with E-state index < -0.39 is 5.97 Å². The van der Waals surface area contributed by atoms with Gasteiger partial charge in [-0.05, 0) is 45.4 Å². The Morgan fingerprint density at radius 1 is 1.19 bits per heavy atom. The number of hydrogen-bond acceptors (Lipinski definition) is 4. The van der Waals surface area contributed by atoms with E-state index >= 15 is 0 Å². The first kappa shape index (κ1) is 18.6. The number of aromatic nitrogens is 2. The summed E-state index contributed by atoms with van der Waals surface area (Å²) in [5, 5.41) is 3.86. The van der Waals surface area contributed by atoms with Crippen LogP contribution in [0.4, 0.5) is 5.69 Å². The standard InChI is InChI=1S/C21H23N3O3/c1-6-27-21(26)19-13(3)18(14(4)24(19)5)20(25)23-17-11-12(2)22-16-10-8-7-9-15(16)17/h7-11H,6H2,1-5H3,(H,22,23,25). The summed E-state index contributed by atoms with van der Waals surface area (Å²) in [6.45, 7) is 7.52. The van der Waals surface area contributed by atoms with Crippen molar-refractivity contribution >= 4 is 28.5 Å². The van der Waals surface area contributed by atoms with Crippen LogP contribution < -0.4 is 5.32 Å². The molecule has 140 valence electrons. The number of rotatable bonds is 4. The minimum Gasteiger partial charge on any atom is -0.461 e. The van der Waals surface area contributed by atoms with Gasteiger partial charge in [-0.25, -0.2) is 4.79 Å². The number of carbonyl (C=O) groups is 2. The monoisotopic (exact) mass is 365 g/mol. The zero-order valence-corrected chi connectivity index (χ0v) is 16.2. The topological polar surface area (TPSA) is 73.2 Å². The highest BCUT2D eigenvalue weighted by atomic mass is 16.5. The smallest absolute Gasteiger partial charge is 0.355 e. The largest absolute Gasteiger partial charge is 0.461 e. The van der Waals surface area contributed by atoms with Crippen molar-refractivity contribution in [3.63, 3.8) is 0 Å². The number of carbonyl (C=O) groups excluding carboxylic acids is 2. The van der Waals surface area contributed by atoms with Crippen LogP contribution in [0.5, 0.6) is 0 Å². The van der Waals surface area contributed by atoms with Crippen LogP contribution in [-0.4, -0.2) is 28.0 Å². The summed E-state index contributed by atoms with van der Waals surface area (Å²) in [6, 6.07) is 9.51. The van der Waals surface area contributed by atoms with Gasteiger partial charge in [0.05, 0.1) is 23.4 Å². The fourth-order valence-corrected chi connectivity index (χ4v) is 3.40. The number of nitrogens with one attached hydrogen (secondary N) is 1. The molecule has 3 aromatic rings. The molecule has 1 N–H and O–H groups in total. The third-order valence-electron chi connectivity index (χ3n) is 4.72. The Balaban J connectivity index is 2.03. The van der Waals surface area contributed by atoms with Crippen molar-refractivity contribution in [2.24, 2.45) is 7.05 Å². The number of anilines is 1. The summed E-state index contributed by atoms with van der Waals surface area (Å²) in [4.78, 5) is 29.8. The van der Waals surface area contributed by atoms with Crippen molar-refractivity contribution in [1.29, 1.82) is 0 Å². The number of amides is 1. The van der Waals surface area contributed by atoms with Crippen molar-refractivity contribution in [1.82, 2.24) is 9.55 Å². The van der Waals surface area contributed by atoms with Crippen molar-refractivity contribution in [2.45, 2.75) is 27.7 Å². The zero-order chi connectivity index (χ0) is 19.7. The van der Waals surface area contributed by atoms with Gasteiger partial charge >= 0.3 is 5.97 Å². The lowest BCUT2D eigenvalue weighted by atomic mass is 10.1. The summed E-state index contributed by atoms with van der Waals surface area (Å²) in [6.07, 6.45) is 0. The molecular weight excluding hydrogens is 342 g/mol. The molecule has 0 aliphatic heterocycles. The lowest BCUT2D eigenvalue weighted by Gasteiger charge is -2.10. The van der Waals surface area contributed by atoms with Crippen molar-refractivity contribution in [3.8, 4) is 0 Å². The van der Waals surface area contributed by atoms with Crippen LogP contribution in [0.3, 0.4) is 0 Å². The molecule has 0 fully saturated rings. The molecule has 6 heteroatoms. The van der Waals surface area contributed by atoms with Gasteiger partial charge in [0.25, 0.3) is 5.91 Å². The first-order chi connectivity index (χ1) is 12.8. The lowest BCUT2D eigenvalue weighted by molar-refractivity contribution is 0.0514. The van der Waals surface area contributed by atoms with E-state index in [-0.39, 0.29) is 12.5 Å². The zero-order valence-electron chi connectivity index (χ0n) is 16.2. The number of nitrogens with zero attached hydrogens (tertiary/aromatic N) is 2. The van der Waals surface area contributed by atoms with Crippen molar-refractivity contribution in [3.05, 3.63) is 58.5 Å². The van der Waals surface area contributed by atoms with E-state index in [2.05, 4.69) is 10.3 Å². The fraction of sp³-hybridized carbons (Fsp3) is 0.286. The average molecular weight is 365 g/mol. The van der Waals surface area contributed by atoms with Gasteiger partial charge in [-0.2, -0.15) is 0 Å². The highest BCUT2D eigenvalue weighted by molar-refractivity contribution is 6.11. The maximum absolute atomic E-state index is 13.1. The number of aryl methyl sites for hydroxylation is 1. The fourth-order valence-electron chi connectivity index (χ4n) is 3.40. The Bertz CT molecular complexity index is 1050. The summed E-state index contributed by atoms with van der Waals surface area (Å²) in [5.41, 5.74) is 4.54. The van der Waals surface area contributed by atoms with Gasteiger partial charge in [0.2, 0.25) is 0 Å². The number of hydrogen-bond donors (Lipinski definition) is 1. The van der Waals surface area contributed by atoms with Crippen LogP contribution in [0.1, 0.15) is 44.7 Å². The van der Waals surface area contributed by atoms with Crippen LogP contribution in [0.15, 0.2) is 30.3 Å². The molecule has 3 rings (SSSR count). The molecule has 0 saturated heterocycles. The van der Waals surface area contributed by atoms with E-state index in [9.17, 15) is 9.59 Å². The molecule has 0 radical (unpaired) electrons. The Morgan fingerprint density at radius 2 is 1.89 bits per heavy atom. The third kappa shape index (κ3) is 3.30.